The van der Waals surface area contributed by atoms with Crippen molar-refractivity contribution in [3.63, 3.8) is 0 Å². The Kier molecular flexibility index (Phi) is 5.23. The minimum Gasteiger partial charge on any atom is -0.493 e. The number of nitriles is 1. The molecule has 144 valence electrons. The topological polar surface area (TPSA) is 49.9 Å². The van der Waals surface area contributed by atoms with E-state index < -0.39 is 0 Å². The third-order valence-corrected chi connectivity index (χ3v) is 5.70. The monoisotopic (exact) mass is 376 g/mol. The molecule has 5 heteroatoms. The fraction of sp³-hybridized carbons (Fsp3) is 0.348. The molecule has 0 saturated heterocycles. The van der Waals surface area contributed by atoms with Gasteiger partial charge >= 0.3 is 0 Å². The summed E-state index contributed by atoms with van der Waals surface area (Å²) in [5.74, 6) is 1.46. The molecule has 2 aromatic carbocycles. The molecule has 2 aliphatic rings. The third-order valence-electron chi connectivity index (χ3n) is 5.70. The fourth-order valence-corrected chi connectivity index (χ4v) is 4.28. The van der Waals surface area contributed by atoms with Crippen LogP contribution < -0.4 is 14.4 Å². The Morgan fingerprint density at radius 2 is 1.86 bits per heavy atom. The first kappa shape index (κ1) is 18.4. The van der Waals surface area contributed by atoms with Crippen LogP contribution >= 0.6 is 0 Å². The predicted octanol–water partition coefficient (Wildman–Crippen LogP) is 1.90. The Bertz CT molecular complexity index is 931. The molecule has 1 unspecified atom stereocenters. The van der Waals surface area contributed by atoms with Crippen LogP contribution in [0.15, 0.2) is 48.0 Å². The predicted molar refractivity (Wildman–Crippen MR) is 108 cm³/mol. The first-order valence-corrected chi connectivity index (χ1v) is 9.74. The first-order chi connectivity index (χ1) is 13.7. The van der Waals surface area contributed by atoms with Crippen LogP contribution in [0.2, 0.25) is 0 Å². The molecule has 0 aromatic heterocycles. The number of nitrogens with zero attached hydrogens (tertiary/aromatic N) is 2. The summed E-state index contributed by atoms with van der Waals surface area (Å²) in [7, 11) is 3.31. The summed E-state index contributed by atoms with van der Waals surface area (Å²) < 4.78 is 11.0. The van der Waals surface area contributed by atoms with Gasteiger partial charge in [0.15, 0.2) is 18.2 Å². The smallest absolute Gasteiger partial charge is 0.161 e. The van der Waals surface area contributed by atoms with Crippen LogP contribution in [0.1, 0.15) is 16.7 Å². The minimum atomic E-state index is 0.715. The van der Waals surface area contributed by atoms with Gasteiger partial charge in [0, 0.05) is 18.5 Å². The van der Waals surface area contributed by atoms with E-state index >= 15 is 0 Å². The van der Waals surface area contributed by atoms with Crippen LogP contribution in [0.25, 0.3) is 5.70 Å². The number of benzene rings is 2. The van der Waals surface area contributed by atoms with E-state index in [9.17, 15) is 5.26 Å². The molecule has 0 fully saturated rings. The number of hydrogen-bond acceptors (Lipinski definition) is 4. The van der Waals surface area contributed by atoms with Crippen LogP contribution in [-0.4, -0.2) is 45.4 Å². The highest BCUT2D eigenvalue weighted by Gasteiger charge is 2.33. The zero-order valence-electron chi connectivity index (χ0n) is 16.5. The summed E-state index contributed by atoms with van der Waals surface area (Å²) in [6.07, 6.45) is 1.98. The highest BCUT2D eigenvalue weighted by Crippen LogP contribution is 2.38. The van der Waals surface area contributed by atoms with Crippen LogP contribution in [0, 0.1) is 11.3 Å². The van der Waals surface area contributed by atoms with E-state index in [0.29, 0.717) is 5.75 Å². The van der Waals surface area contributed by atoms with Crippen molar-refractivity contribution in [2.75, 3.05) is 40.5 Å². The number of fused-ring (bicyclic) bond motifs is 3. The normalized spacial score (nSPS) is 18.2. The van der Waals surface area contributed by atoms with Crippen molar-refractivity contribution in [2.24, 2.45) is 0 Å². The van der Waals surface area contributed by atoms with Crippen LogP contribution in [-0.2, 0) is 12.8 Å². The molecule has 28 heavy (non-hydrogen) atoms. The van der Waals surface area contributed by atoms with Crippen molar-refractivity contribution in [2.45, 2.75) is 12.8 Å². The van der Waals surface area contributed by atoms with Gasteiger partial charge in [-0.3, -0.25) is 0 Å². The molecule has 2 aliphatic heterocycles. The van der Waals surface area contributed by atoms with E-state index in [2.05, 4.69) is 47.4 Å². The second kappa shape index (κ2) is 7.95. The summed E-state index contributed by atoms with van der Waals surface area (Å²) in [6, 6.07) is 17.1. The third kappa shape index (κ3) is 3.44. The molecule has 0 spiro atoms. The Hall–Kier alpha value is -2.97. The van der Waals surface area contributed by atoms with Crippen LogP contribution in [0.5, 0.6) is 11.5 Å². The van der Waals surface area contributed by atoms with Crippen molar-refractivity contribution in [1.82, 2.24) is 4.90 Å². The van der Waals surface area contributed by atoms with Crippen molar-refractivity contribution in [3.8, 4) is 17.6 Å². The minimum absolute atomic E-state index is 0.715. The lowest BCUT2D eigenvalue weighted by atomic mass is 9.92. The summed E-state index contributed by atoms with van der Waals surface area (Å²) in [4.78, 5) is 3.81. The molecular formula is C23H26N3O2+. The van der Waals surface area contributed by atoms with Gasteiger partial charge in [-0.1, -0.05) is 30.3 Å². The average Bonchev–Trinajstić information content (AvgIpc) is 2.76. The van der Waals surface area contributed by atoms with Crippen molar-refractivity contribution < 1.29 is 14.4 Å². The van der Waals surface area contributed by atoms with Gasteiger partial charge in [0.25, 0.3) is 0 Å². The maximum atomic E-state index is 9.88. The molecule has 1 atom stereocenters. The van der Waals surface area contributed by atoms with Gasteiger partial charge in [-0.05, 0) is 29.7 Å². The zero-order chi connectivity index (χ0) is 19.5. The maximum absolute atomic E-state index is 9.88. The van der Waals surface area contributed by atoms with E-state index in [-0.39, 0.29) is 0 Å². The lowest BCUT2D eigenvalue weighted by molar-refractivity contribution is -0.906. The summed E-state index contributed by atoms with van der Waals surface area (Å²) in [5, 5.41) is 9.88. The zero-order valence-corrected chi connectivity index (χ0v) is 16.5. The summed E-state index contributed by atoms with van der Waals surface area (Å²) in [5.41, 5.74) is 5.63. The fourth-order valence-electron chi connectivity index (χ4n) is 4.28. The number of hydrogen-bond donors (Lipinski definition) is 1. The first-order valence-electron chi connectivity index (χ1n) is 9.74. The molecule has 4 rings (SSSR count). The Morgan fingerprint density at radius 3 is 2.57 bits per heavy atom. The maximum Gasteiger partial charge on any atom is 0.161 e. The Morgan fingerprint density at radius 1 is 1.11 bits per heavy atom. The van der Waals surface area contributed by atoms with Gasteiger partial charge < -0.3 is 19.3 Å². The van der Waals surface area contributed by atoms with Crippen molar-refractivity contribution in [3.05, 3.63) is 64.7 Å². The number of ether oxygens (including phenoxy) is 2. The van der Waals surface area contributed by atoms with E-state index in [4.69, 9.17) is 9.47 Å². The number of nitrogens with one attached hydrogen (secondary N) is 1. The second-order valence-electron chi connectivity index (χ2n) is 7.39. The highest BCUT2D eigenvalue weighted by atomic mass is 16.5. The molecule has 2 heterocycles. The van der Waals surface area contributed by atoms with Gasteiger partial charge in [-0.2, -0.15) is 5.26 Å². The average molecular weight is 376 g/mol. The molecular weight excluding hydrogens is 350 g/mol. The Balaban J connectivity index is 1.62. The number of methoxy groups -OCH3 is 2. The molecule has 5 nitrogen and oxygen atoms in total. The van der Waals surface area contributed by atoms with E-state index in [1.807, 2.05) is 6.07 Å². The SMILES string of the molecule is COc1cc2c(cc1OC)C1=C(C#N)C[NH+](CCc3ccccc3)CN1CC2. The van der Waals surface area contributed by atoms with Crippen LogP contribution in [0.3, 0.4) is 0 Å². The molecule has 0 bridgehead atoms. The molecule has 2 aromatic rings. The van der Waals surface area contributed by atoms with Crippen LogP contribution in [0.4, 0.5) is 0 Å². The standard InChI is InChI=1S/C23H25N3O2/c1-27-21-12-18-9-11-26-16-25(10-8-17-6-4-3-5-7-17)15-19(14-24)23(26)20(18)13-22(21)28-2/h3-7,12-13H,8-11,15-16H2,1-2H3/p+1. The largest absolute Gasteiger partial charge is 0.493 e. The number of rotatable bonds is 5. The highest BCUT2D eigenvalue weighted by molar-refractivity contribution is 5.76. The molecule has 1 N–H and O–H groups in total. The summed E-state index contributed by atoms with van der Waals surface area (Å²) in [6.45, 7) is 3.65. The van der Waals surface area contributed by atoms with Gasteiger partial charge in [-0.15, -0.1) is 0 Å². The van der Waals surface area contributed by atoms with Gasteiger partial charge in [0.1, 0.15) is 18.2 Å². The lowest BCUT2D eigenvalue weighted by Gasteiger charge is -2.39. The lowest BCUT2D eigenvalue weighted by Crippen LogP contribution is -3.14. The number of quaternary nitrogens is 1. The quantitative estimate of drug-likeness (QED) is 0.866. The summed E-state index contributed by atoms with van der Waals surface area (Å²) >= 11 is 0. The second-order valence-corrected chi connectivity index (χ2v) is 7.39. The molecule has 0 aliphatic carbocycles. The van der Waals surface area contributed by atoms with Crippen molar-refractivity contribution in [1.29, 1.82) is 5.26 Å². The van der Waals surface area contributed by atoms with E-state index in [1.165, 1.54) is 16.0 Å². The van der Waals surface area contributed by atoms with E-state index in [1.54, 1.807) is 14.2 Å². The van der Waals surface area contributed by atoms with E-state index in [0.717, 1.165) is 61.7 Å². The van der Waals surface area contributed by atoms with Gasteiger partial charge in [-0.25, -0.2) is 0 Å². The molecule has 0 saturated carbocycles. The van der Waals surface area contributed by atoms with Crippen molar-refractivity contribution >= 4 is 5.70 Å². The molecule has 0 amide bonds. The molecule has 0 radical (unpaired) electrons. The Labute approximate surface area is 166 Å². The van der Waals surface area contributed by atoms with Gasteiger partial charge in [0.2, 0.25) is 0 Å². The van der Waals surface area contributed by atoms with Gasteiger partial charge in [0.05, 0.1) is 26.5 Å².